The van der Waals surface area contributed by atoms with Gasteiger partial charge in [-0.2, -0.15) is 0 Å². The van der Waals surface area contributed by atoms with Crippen molar-refractivity contribution in [2.45, 2.75) is 6.92 Å². The number of nitrogens with zero attached hydrogens (tertiary/aromatic N) is 2. The van der Waals surface area contributed by atoms with Crippen LogP contribution < -0.4 is 4.74 Å². The second-order valence-corrected chi connectivity index (χ2v) is 4.50. The predicted octanol–water partition coefficient (Wildman–Crippen LogP) is 2.12. The Morgan fingerprint density at radius 1 is 1.32 bits per heavy atom. The number of carbonyl (C=O) groups excluding carboxylic acids is 2. The SMILES string of the molecule is C=C/C(CO[N+](=O)[O-])=C(/COC(=O)c1ccccc1OC(C)=O)N=C. The van der Waals surface area contributed by atoms with Crippen LogP contribution in [0.3, 0.4) is 0 Å². The smallest absolute Gasteiger partial charge is 0.342 e. The van der Waals surface area contributed by atoms with Gasteiger partial charge in [-0.15, -0.1) is 10.1 Å². The molecule has 9 heteroatoms. The van der Waals surface area contributed by atoms with Crippen LogP contribution in [0.4, 0.5) is 0 Å². The molecule has 0 radical (unpaired) electrons. The van der Waals surface area contributed by atoms with Crippen molar-refractivity contribution in [3.63, 3.8) is 0 Å². The van der Waals surface area contributed by atoms with E-state index in [1.807, 2.05) is 0 Å². The summed E-state index contributed by atoms with van der Waals surface area (Å²) in [6, 6.07) is 6.04. The monoisotopic (exact) mass is 348 g/mol. The lowest BCUT2D eigenvalue weighted by Gasteiger charge is -2.11. The average Bonchev–Trinajstić information content (AvgIpc) is 2.57. The van der Waals surface area contributed by atoms with Crippen LogP contribution in [-0.4, -0.2) is 37.0 Å². The zero-order valence-corrected chi connectivity index (χ0v) is 13.5. The number of aliphatic imine (C=N–C) groups is 1. The molecule has 0 saturated heterocycles. The van der Waals surface area contributed by atoms with Gasteiger partial charge in [0.1, 0.15) is 24.5 Å². The van der Waals surface area contributed by atoms with E-state index in [1.165, 1.54) is 25.1 Å². The van der Waals surface area contributed by atoms with E-state index in [4.69, 9.17) is 9.47 Å². The number of para-hydroxylation sites is 1. The molecule has 0 heterocycles. The number of rotatable bonds is 9. The first-order chi connectivity index (χ1) is 11.9. The van der Waals surface area contributed by atoms with Crippen LogP contribution in [0.15, 0.2) is 53.2 Å². The standard InChI is InChI=1S/C16H16N2O7/c1-4-12(9-24-18(21)22)14(17-3)10-23-16(20)13-7-5-6-8-15(13)25-11(2)19/h4-8H,1,3,9-10H2,2H3/b14-12+. The topological polar surface area (TPSA) is 117 Å². The van der Waals surface area contributed by atoms with Crippen LogP contribution in [0.1, 0.15) is 17.3 Å². The third kappa shape index (κ3) is 6.26. The normalized spacial score (nSPS) is 10.9. The predicted molar refractivity (Wildman–Crippen MR) is 87.8 cm³/mol. The molecule has 0 N–H and O–H groups in total. The van der Waals surface area contributed by atoms with Gasteiger partial charge in [-0.05, 0) is 18.9 Å². The van der Waals surface area contributed by atoms with Gasteiger partial charge in [0.05, 0.1) is 5.70 Å². The van der Waals surface area contributed by atoms with Crippen LogP contribution in [0.5, 0.6) is 5.75 Å². The maximum Gasteiger partial charge on any atom is 0.342 e. The molecule has 0 saturated carbocycles. The molecule has 0 spiro atoms. The van der Waals surface area contributed by atoms with E-state index in [1.54, 1.807) is 12.1 Å². The van der Waals surface area contributed by atoms with Crippen molar-refractivity contribution < 1.29 is 29.0 Å². The van der Waals surface area contributed by atoms with Crippen LogP contribution >= 0.6 is 0 Å². The quantitative estimate of drug-likeness (QED) is 0.167. The summed E-state index contributed by atoms with van der Waals surface area (Å²) in [6.45, 7) is 7.29. The first-order valence-electron chi connectivity index (χ1n) is 6.92. The Morgan fingerprint density at radius 3 is 2.56 bits per heavy atom. The molecule has 1 aromatic carbocycles. The van der Waals surface area contributed by atoms with E-state index in [0.717, 1.165) is 0 Å². The minimum absolute atomic E-state index is 0.0443. The van der Waals surface area contributed by atoms with Gasteiger partial charge in [0.15, 0.2) is 0 Å². The Balaban J connectivity index is 2.89. The molecule has 1 aromatic rings. The third-order valence-corrected chi connectivity index (χ3v) is 2.83. The Labute approximate surface area is 143 Å². The number of hydrogen-bond donors (Lipinski definition) is 0. The fraction of sp³-hybridized carbons (Fsp3) is 0.188. The summed E-state index contributed by atoms with van der Waals surface area (Å²) in [5, 5.41) is 9.29. The summed E-state index contributed by atoms with van der Waals surface area (Å²) in [5.41, 5.74) is 0.436. The van der Waals surface area contributed by atoms with Crippen LogP contribution in [0.25, 0.3) is 0 Å². The lowest BCUT2D eigenvalue weighted by molar-refractivity contribution is -0.755. The summed E-state index contributed by atoms with van der Waals surface area (Å²) in [7, 11) is 0. The maximum atomic E-state index is 12.2. The van der Waals surface area contributed by atoms with E-state index in [2.05, 4.69) is 23.1 Å². The highest BCUT2D eigenvalue weighted by atomic mass is 16.9. The van der Waals surface area contributed by atoms with Gasteiger partial charge < -0.3 is 14.3 Å². The first-order valence-corrected chi connectivity index (χ1v) is 6.92. The highest BCUT2D eigenvalue weighted by Crippen LogP contribution is 2.20. The molecule has 0 bridgehead atoms. The van der Waals surface area contributed by atoms with E-state index in [-0.39, 0.29) is 29.2 Å². The van der Waals surface area contributed by atoms with Crippen LogP contribution in [0, 0.1) is 10.1 Å². The molecule has 0 atom stereocenters. The molecule has 0 unspecified atom stereocenters. The van der Waals surface area contributed by atoms with E-state index in [9.17, 15) is 19.7 Å². The Bertz CT molecular complexity index is 725. The van der Waals surface area contributed by atoms with Crippen LogP contribution in [-0.2, 0) is 14.4 Å². The second-order valence-electron chi connectivity index (χ2n) is 4.50. The minimum Gasteiger partial charge on any atom is -0.455 e. The van der Waals surface area contributed by atoms with Gasteiger partial charge >= 0.3 is 11.9 Å². The molecule has 0 aliphatic carbocycles. The maximum absolute atomic E-state index is 12.2. The Morgan fingerprint density at radius 2 is 2.00 bits per heavy atom. The van der Waals surface area contributed by atoms with Crippen LogP contribution in [0.2, 0.25) is 0 Å². The molecule has 25 heavy (non-hydrogen) atoms. The molecule has 0 aliphatic heterocycles. The van der Waals surface area contributed by atoms with Gasteiger partial charge in [0.2, 0.25) is 0 Å². The van der Waals surface area contributed by atoms with Crippen molar-refractivity contribution in [1.29, 1.82) is 0 Å². The third-order valence-electron chi connectivity index (χ3n) is 2.83. The lowest BCUT2D eigenvalue weighted by atomic mass is 10.2. The lowest BCUT2D eigenvalue weighted by Crippen LogP contribution is -2.13. The summed E-state index contributed by atoms with van der Waals surface area (Å²) in [6.07, 6.45) is 1.29. The minimum atomic E-state index is -0.967. The van der Waals surface area contributed by atoms with E-state index in [0.29, 0.717) is 0 Å². The summed E-state index contributed by atoms with van der Waals surface area (Å²) in [4.78, 5) is 41.4. The van der Waals surface area contributed by atoms with Gasteiger partial charge in [0.25, 0.3) is 5.09 Å². The molecule has 132 valence electrons. The van der Waals surface area contributed by atoms with Crippen molar-refractivity contribution >= 4 is 18.7 Å². The molecular formula is C16H16N2O7. The molecule has 0 fully saturated rings. The Kier molecular flexibility index (Phi) is 7.51. The van der Waals surface area contributed by atoms with E-state index >= 15 is 0 Å². The average molecular weight is 348 g/mol. The number of hydrogen-bond acceptors (Lipinski definition) is 8. The highest BCUT2D eigenvalue weighted by molar-refractivity contribution is 5.93. The van der Waals surface area contributed by atoms with Crippen molar-refractivity contribution in [2.24, 2.45) is 4.99 Å². The molecule has 0 aliphatic rings. The number of ether oxygens (including phenoxy) is 2. The molecular weight excluding hydrogens is 332 g/mol. The molecule has 0 aromatic heterocycles. The zero-order chi connectivity index (χ0) is 18.8. The van der Waals surface area contributed by atoms with E-state index < -0.39 is 23.6 Å². The fourth-order valence-electron chi connectivity index (χ4n) is 1.71. The van der Waals surface area contributed by atoms with Crippen molar-refractivity contribution in [1.82, 2.24) is 0 Å². The summed E-state index contributed by atoms with van der Waals surface area (Å²) in [5.74, 6) is -1.30. The highest BCUT2D eigenvalue weighted by Gasteiger charge is 2.16. The zero-order valence-electron chi connectivity index (χ0n) is 13.5. The van der Waals surface area contributed by atoms with Gasteiger partial charge in [-0.25, -0.2) is 4.79 Å². The summed E-state index contributed by atoms with van der Waals surface area (Å²) < 4.78 is 10.0. The van der Waals surface area contributed by atoms with Crippen molar-refractivity contribution in [3.05, 3.63) is 63.9 Å². The first kappa shape index (κ1) is 19.6. The number of carbonyl (C=O) groups is 2. The van der Waals surface area contributed by atoms with Gasteiger partial charge in [0, 0.05) is 12.5 Å². The largest absolute Gasteiger partial charge is 0.455 e. The van der Waals surface area contributed by atoms with Gasteiger partial charge in [-0.1, -0.05) is 24.8 Å². The van der Waals surface area contributed by atoms with Gasteiger partial charge in [-0.3, -0.25) is 9.79 Å². The number of esters is 2. The fourth-order valence-corrected chi connectivity index (χ4v) is 1.71. The molecule has 0 amide bonds. The number of benzene rings is 1. The van der Waals surface area contributed by atoms with Crippen molar-refractivity contribution in [2.75, 3.05) is 13.2 Å². The summed E-state index contributed by atoms with van der Waals surface area (Å²) >= 11 is 0. The molecule has 1 rings (SSSR count). The second kappa shape index (κ2) is 9.60. The Hall–Kier alpha value is -3.49. The molecule has 9 nitrogen and oxygen atoms in total. The van der Waals surface area contributed by atoms with Crippen molar-refractivity contribution in [3.8, 4) is 5.75 Å².